The Labute approximate surface area is 198 Å². The highest BCUT2D eigenvalue weighted by atomic mass is 19.4. The van der Waals surface area contributed by atoms with E-state index < -0.39 is 34.8 Å². The second kappa shape index (κ2) is 8.99. The molecule has 0 N–H and O–H groups in total. The van der Waals surface area contributed by atoms with Crippen molar-refractivity contribution < 1.29 is 32.5 Å². The van der Waals surface area contributed by atoms with Crippen molar-refractivity contribution in [2.45, 2.75) is 32.5 Å². The van der Waals surface area contributed by atoms with Gasteiger partial charge in [-0.1, -0.05) is 42.5 Å². The Bertz CT molecular complexity index is 1400. The average molecular weight is 482 g/mol. The average Bonchev–Trinajstić information content (AvgIpc) is 3.21. The van der Waals surface area contributed by atoms with Gasteiger partial charge in [0.1, 0.15) is 11.3 Å². The number of alkyl halides is 3. The summed E-state index contributed by atoms with van der Waals surface area (Å²) in [6, 6.07) is 17.6. The molecule has 0 radical (unpaired) electrons. The van der Waals surface area contributed by atoms with Crippen molar-refractivity contribution in [1.82, 2.24) is 9.78 Å². The lowest BCUT2D eigenvalue weighted by molar-refractivity contribution is -0.301. The second-order valence-electron chi connectivity index (χ2n) is 8.77. The summed E-state index contributed by atoms with van der Waals surface area (Å²) in [6.45, 7) is 5.21. The number of fused-ring (bicyclic) bond motifs is 1. The van der Waals surface area contributed by atoms with Gasteiger partial charge in [0, 0.05) is 10.9 Å². The molecule has 4 rings (SSSR count). The first-order valence-electron chi connectivity index (χ1n) is 10.6. The minimum absolute atomic E-state index is 0.233. The maximum atomic E-state index is 13.5. The first-order chi connectivity index (χ1) is 16.5. The van der Waals surface area contributed by atoms with Crippen LogP contribution in [0.5, 0.6) is 0 Å². The summed E-state index contributed by atoms with van der Waals surface area (Å²) in [5, 5.41) is 4.93. The van der Waals surface area contributed by atoms with Gasteiger partial charge in [0.25, 0.3) is 5.91 Å². The van der Waals surface area contributed by atoms with Crippen LogP contribution in [0.25, 0.3) is 22.2 Å². The minimum Gasteiger partial charge on any atom is -0.292 e. The molecule has 0 atom stereocenters. The topological polar surface area (TPSA) is 70.4 Å². The molecule has 3 aromatic carbocycles. The summed E-state index contributed by atoms with van der Waals surface area (Å²) < 4.78 is 41.5. The molecule has 1 aromatic heterocycles. The third kappa shape index (κ3) is 5.09. The van der Waals surface area contributed by atoms with Crippen LogP contribution in [0.1, 0.15) is 47.1 Å². The monoisotopic (exact) mass is 482 g/mol. The molecule has 0 aliphatic carbocycles. The molecule has 9 heteroatoms. The molecule has 180 valence electrons. The largest absolute Gasteiger partial charge is 0.417 e. The summed E-state index contributed by atoms with van der Waals surface area (Å²) in [5.41, 5.74) is -0.681. The van der Waals surface area contributed by atoms with Crippen LogP contribution in [-0.2, 0) is 16.0 Å². The standard InChI is InChI=1S/C26H21F3N2O4/c1-25(2,3)35-34-24(33)17-14-12-16(13-15-17)22-19-9-5-7-11-21(19)31(30-22)23(32)18-8-4-6-10-20(18)26(27,28)29/h4-15H,1-3H3. The lowest BCUT2D eigenvalue weighted by atomic mass is 10.1. The number of benzene rings is 3. The molecule has 6 nitrogen and oxygen atoms in total. The van der Waals surface area contributed by atoms with Gasteiger partial charge in [-0.25, -0.2) is 4.79 Å². The third-order valence-corrected chi connectivity index (χ3v) is 5.00. The van der Waals surface area contributed by atoms with E-state index in [0.717, 1.165) is 16.8 Å². The molecule has 0 bridgehead atoms. The van der Waals surface area contributed by atoms with Crippen molar-refractivity contribution in [3.8, 4) is 11.3 Å². The maximum absolute atomic E-state index is 13.5. The molecule has 0 amide bonds. The number of hydrogen-bond donors (Lipinski definition) is 0. The van der Waals surface area contributed by atoms with E-state index in [4.69, 9.17) is 9.78 Å². The van der Waals surface area contributed by atoms with Crippen LogP contribution in [0.3, 0.4) is 0 Å². The highest BCUT2D eigenvalue weighted by Crippen LogP contribution is 2.34. The fourth-order valence-corrected chi connectivity index (χ4v) is 3.44. The van der Waals surface area contributed by atoms with Gasteiger partial charge >= 0.3 is 12.1 Å². The summed E-state index contributed by atoms with van der Waals surface area (Å²) in [7, 11) is 0. The first-order valence-corrected chi connectivity index (χ1v) is 10.6. The van der Waals surface area contributed by atoms with Crippen LogP contribution in [0.4, 0.5) is 13.2 Å². The molecule has 0 fully saturated rings. The van der Waals surface area contributed by atoms with Gasteiger partial charge in [-0.3, -0.25) is 9.68 Å². The van der Waals surface area contributed by atoms with Gasteiger partial charge in [-0.15, -0.1) is 0 Å². The van der Waals surface area contributed by atoms with Gasteiger partial charge in [0.2, 0.25) is 0 Å². The van der Waals surface area contributed by atoms with E-state index in [0.29, 0.717) is 22.2 Å². The molecule has 35 heavy (non-hydrogen) atoms. The molecule has 0 unspecified atom stereocenters. The highest BCUT2D eigenvalue weighted by Gasteiger charge is 2.35. The summed E-state index contributed by atoms with van der Waals surface area (Å²) in [5.74, 6) is -1.58. The van der Waals surface area contributed by atoms with Crippen LogP contribution in [0.2, 0.25) is 0 Å². The van der Waals surface area contributed by atoms with Crippen molar-refractivity contribution in [3.63, 3.8) is 0 Å². The zero-order valence-electron chi connectivity index (χ0n) is 19.1. The van der Waals surface area contributed by atoms with Crippen molar-refractivity contribution in [2.24, 2.45) is 0 Å². The van der Waals surface area contributed by atoms with E-state index >= 15 is 0 Å². The number of nitrogens with zero attached hydrogens (tertiary/aromatic N) is 2. The Balaban J connectivity index is 1.72. The molecule has 0 spiro atoms. The van der Waals surface area contributed by atoms with Gasteiger partial charge in [0.05, 0.1) is 22.2 Å². The number of para-hydroxylation sites is 1. The molecular weight excluding hydrogens is 461 g/mol. The SMILES string of the molecule is CC(C)(C)OOC(=O)c1ccc(-c2nn(C(=O)c3ccccc3C(F)(F)F)c3ccccc23)cc1. The summed E-state index contributed by atoms with van der Waals surface area (Å²) >= 11 is 0. The Hall–Kier alpha value is -3.98. The predicted octanol–water partition coefficient (Wildman–Crippen LogP) is 6.30. The van der Waals surface area contributed by atoms with Gasteiger partial charge < -0.3 is 0 Å². The number of carbonyl (C=O) groups is 2. The normalized spacial score (nSPS) is 12.1. The quantitative estimate of drug-likeness (QED) is 0.252. The van der Waals surface area contributed by atoms with Crippen LogP contribution in [0.15, 0.2) is 72.8 Å². The van der Waals surface area contributed by atoms with Crippen molar-refractivity contribution >= 4 is 22.8 Å². The maximum Gasteiger partial charge on any atom is 0.417 e. The second-order valence-corrected chi connectivity index (χ2v) is 8.77. The molecule has 0 aliphatic rings. The molecule has 4 aromatic rings. The number of carbonyl (C=O) groups excluding carboxylic acids is 2. The fourth-order valence-electron chi connectivity index (χ4n) is 3.44. The lowest BCUT2D eigenvalue weighted by Crippen LogP contribution is -2.21. The van der Waals surface area contributed by atoms with Crippen LogP contribution < -0.4 is 0 Å². The van der Waals surface area contributed by atoms with Gasteiger partial charge in [0.15, 0.2) is 0 Å². The van der Waals surface area contributed by atoms with Crippen LogP contribution in [0, 0.1) is 0 Å². The molecule has 0 saturated carbocycles. The van der Waals surface area contributed by atoms with Crippen molar-refractivity contribution in [1.29, 1.82) is 0 Å². The summed E-state index contributed by atoms with van der Waals surface area (Å²) in [6.07, 6.45) is -4.70. The lowest BCUT2D eigenvalue weighted by Gasteiger charge is -2.16. The van der Waals surface area contributed by atoms with Crippen molar-refractivity contribution in [3.05, 3.63) is 89.5 Å². The van der Waals surface area contributed by atoms with E-state index in [1.54, 1.807) is 57.2 Å². The molecular formula is C26H21F3N2O4. The van der Waals surface area contributed by atoms with E-state index in [-0.39, 0.29) is 5.56 Å². The number of aromatic nitrogens is 2. The Morgan fingerprint density at radius 3 is 2.14 bits per heavy atom. The number of rotatable bonds is 4. The number of halogens is 3. The fraction of sp³-hybridized carbons (Fsp3) is 0.192. The van der Waals surface area contributed by atoms with Crippen molar-refractivity contribution in [2.75, 3.05) is 0 Å². The van der Waals surface area contributed by atoms with Gasteiger partial charge in [-0.05, 0) is 51.1 Å². The smallest absolute Gasteiger partial charge is 0.292 e. The third-order valence-electron chi connectivity index (χ3n) is 5.00. The zero-order valence-corrected chi connectivity index (χ0v) is 19.1. The minimum atomic E-state index is -4.70. The van der Waals surface area contributed by atoms with E-state index in [9.17, 15) is 22.8 Å². The Kier molecular flexibility index (Phi) is 6.21. The van der Waals surface area contributed by atoms with E-state index in [1.165, 1.54) is 24.3 Å². The number of hydrogen-bond acceptors (Lipinski definition) is 5. The first kappa shape index (κ1) is 24.2. The Morgan fingerprint density at radius 2 is 1.49 bits per heavy atom. The summed E-state index contributed by atoms with van der Waals surface area (Å²) in [4.78, 5) is 35.3. The highest BCUT2D eigenvalue weighted by molar-refractivity contribution is 6.05. The zero-order chi connectivity index (χ0) is 25.4. The molecule has 1 heterocycles. The van der Waals surface area contributed by atoms with E-state index in [1.807, 2.05) is 0 Å². The Morgan fingerprint density at radius 1 is 0.857 bits per heavy atom. The van der Waals surface area contributed by atoms with Gasteiger partial charge in [-0.2, -0.15) is 27.8 Å². The van der Waals surface area contributed by atoms with Crippen LogP contribution in [-0.4, -0.2) is 27.3 Å². The van der Waals surface area contributed by atoms with Crippen LogP contribution >= 0.6 is 0 Å². The predicted molar refractivity (Wildman–Crippen MR) is 123 cm³/mol. The van der Waals surface area contributed by atoms with E-state index in [2.05, 4.69) is 5.10 Å². The molecule has 0 aliphatic heterocycles. The molecule has 0 saturated heterocycles.